The van der Waals surface area contributed by atoms with E-state index in [1.807, 2.05) is 30.3 Å². The van der Waals surface area contributed by atoms with Gasteiger partial charge in [-0.3, -0.25) is 9.59 Å². The molecular formula is C19H17NO5. The zero-order chi connectivity index (χ0) is 17.8. The average Bonchev–Trinajstić information content (AvgIpc) is 2.58. The Hall–Kier alpha value is -3.15. The molecule has 1 N–H and O–H groups in total. The lowest BCUT2D eigenvalue weighted by molar-refractivity contribution is -0.144. The number of carbonyl (C=O) groups excluding carboxylic acids is 2. The van der Waals surface area contributed by atoms with Crippen LogP contribution >= 0.6 is 0 Å². The van der Waals surface area contributed by atoms with E-state index in [1.54, 1.807) is 6.07 Å². The highest BCUT2D eigenvalue weighted by Crippen LogP contribution is 2.27. The number of fused-ring (bicyclic) bond motifs is 3. The maximum atomic E-state index is 11.8. The molecule has 2 aromatic carbocycles. The third-order valence-corrected chi connectivity index (χ3v) is 3.81. The van der Waals surface area contributed by atoms with Crippen molar-refractivity contribution in [3.05, 3.63) is 58.4 Å². The van der Waals surface area contributed by atoms with E-state index in [1.165, 1.54) is 13.0 Å². The quantitative estimate of drug-likeness (QED) is 0.438. The van der Waals surface area contributed by atoms with Gasteiger partial charge in [-0.05, 0) is 16.8 Å². The van der Waals surface area contributed by atoms with Crippen molar-refractivity contribution in [2.45, 2.75) is 20.0 Å². The Balaban J connectivity index is 1.88. The van der Waals surface area contributed by atoms with E-state index in [0.717, 1.165) is 16.2 Å². The Morgan fingerprint density at radius 3 is 2.76 bits per heavy atom. The lowest BCUT2D eigenvalue weighted by Crippen LogP contribution is -2.23. The van der Waals surface area contributed by atoms with Crippen LogP contribution in [-0.4, -0.2) is 18.4 Å². The topological polar surface area (TPSA) is 85.6 Å². The highest BCUT2D eigenvalue weighted by atomic mass is 16.5. The van der Waals surface area contributed by atoms with Crippen molar-refractivity contribution in [2.75, 3.05) is 6.54 Å². The Kier molecular flexibility index (Phi) is 4.79. The number of rotatable bonds is 5. The summed E-state index contributed by atoms with van der Waals surface area (Å²) in [6.45, 7) is 1.57. The first-order chi connectivity index (χ1) is 12.0. The molecule has 6 nitrogen and oxygen atoms in total. The number of amides is 1. The minimum atomic E-state index is -0.493. The molecule has 1 amide bonds. The molecule has 1 aromatic heterocycles. The van der Waals surface area contributed by atoms with Crippen molar-refractivity contribution in [2.24, 2.45) is 0 Å². The molecule has 0 aliphatic carbocycles. The fraction of sp³-hybridized carbons (Fsp3) is 0.211. The molecular weight excluding hydrogens is 322 g/mol. The van der Waals surface area contributed by atoms with Gasteiger partial charge in [0.1, 0.15) is 12.2 Å². The van der Waals surface area contributed by atoms with Crippen LogP contribution in [0.15, 0.2) is 51.7 Å². The molecule has 0 aliphatic heterocycles. The Morgan fingerprint density at radius 1 is 1.16 bits per heavy atom. The molecule has 0 fully saturated rings. The van der Waals surface area contributed by atoms with Crippen molar-refractivity contribution < 1.29 is 18.7 Å². The highest BCUT2D eigenvalue weighted by Gasteiger charge is 2.12. The van der Waals surface area contributed by atoms with Gasteiger partial charge in [0.05, 0.1) is 6.42 Å². The van der Waals surface area contributed by atoms with Crippen LogP contribution in [-0.2, 0) is 20.9 Å². The Bertz CT molecular complexity index is 1010. The molecule has 3 aromatic rings. The van der Waals surface area contributed by atoms with Gasteiger partial charge in [-0.1, -0.05) is 30.3 Å². The summed E-state index contributed by atoms with van der Waals surface area (Å²) in [5.41, 5.74) is 0.554. The average molecular weight is 339 g/mol. The molecule has 1 heterocycles. The van der Waals surface area contributed by atoms with Crippen LogP contribution in [0.25, 0.3) is 21.7 Å². The predicted molar refractivity (Wildman–Crippen MR) is 93.1 cm³/mol. The first-order valence-electron chi connectivity index (χ1n) is 7.89. The van der Waals surface area contributed by atoms with Crippen LogP contribution in [0.5, 0.6) is 0 Å². The molecule has 0 bridgehead atoms. The van der Waals surface area contributed by atoms with Crippen molar-refractivity contribution in [1.82, 2.24) is 5.32 Å². The summed E-state index contributed by atoms with van der Waals surface area (Å²) in [5, 5.41) is 5.22. The van der Waals surface area contributed by atoms with E-state index in [-0.39, 0.29) is 25.5 Å². The molecule has 0 radical (unpaired) electrons. The molecule has 0 saturated carbocycles. The summed E-state index contributed by atoms with van der Waals surface area (Å²) in [7, 11) is 0. The molecule has 0 saturated heterocycles. The van der Waals surface area contributed by atoms with Gasteiger partial charge in [0.15, 0.2) is 0 Å². The lowest BCUT2D eigenvalue weighted by Gasteiger charge is -2.09. The lowest BCUT2D eigenvalue weighted by atomic mass is 10.0. The summed E-state index contributed by atoms with van der Waals surface area (Å²) in [6.07, 6.45) is 0.0691. The van der Waals surface area contributed by atoms with Gasteiger partial charge in [0, 0.05) is 30.5 Å². The summed E-state index contributed by atoms with van der Waals surface area (Å²) in [5.74, 6) is -0.652. The summed E-state index contributed by atoms with van der Waals surface area (Å²) in [6, 6.07) is 12.7. The third kappa shape index (κ3) is 3.85. The van der Waals surface area contributed by atoms with E-state index in [0.29, 0.717) is 11.1 Å². The van der Waals surface area contributed by atoms with Gasteiger partial charge in [0.25, 0.3) is 0 Å². The standard InChI is InChI=1S/C19H17NO5/c1-12(21)20-9-8-17(22)24-11-14-10-18(23)25-16-7-6-13-4-2-3-5-15(13)19(14)16/h2-7,10H,8-9,11H2,1H3,(H,20,21). The summed E-state index contributed by atoms with van der Waals surface area (Å²) < 4.78 is 10.5. The Labute approximate surface area is 143 Å². The zero-order valence-electron chi connectivity index (χ0n) is 13.7. The number of nitrogens with one attached hydrogen (secondary N) is 1. The van der Waals surface area contributed by atoms with Gasteiger partial charge in [-0.2, -0.15) is 0 Å². The first-order valence-corrected chi connectivity index (χ1v) is 7.89. The van der Waals surface area contributed by atoms with Crippen LogP contribution in [0, 0.1) is 0 Å². The number of hydrogen-bond acceptors (Lipinski definition) is 5. The number of benzene rings is 2. The first kappa shape index (κ1) is 16.7. The zero-order valence-corrected chi connectivity index (χ0v) is 13.7. The van der Waals surface area contributed by atoms with E-state index in [2.05, 4.69) is 5.32 Å². The van der Waals surface area contributed by atoms with Gasteiger partial charge < -0.3 is 14.5 Å². The van der Waals surface area contributed by atoms with Crippen LogP contribution in [0.4, 0.5) is 0 Å². The molecule has 0 unspecified atom stereocenters. The monoisotopic (exact) mass is 339 g/mol. The number of esters is 1. The number of carbonyl (C=O) groups is 2. The van der Waals surface area contributed by atoms with Crippen molar-refractivity contribution in [3.8, 4) is 0 Å². The SMILES string of the molecule is CC(=O)NCCC(=O)OCc1cc(=O)oc2ccc3ccccc3c12. The van der Waals surface area contributed by atoms with Gasteiger partial charge in [-0.25, -0.2) is 4.79 Å². The van der Waals surface area contributed by atoms with Crippen LogP contribution < -0.4 is 10.9 Å². The van der Waals surface area contributed by atoms with Crippen LogP contribution in [0.1, 0.15) is 18.9 Å². The van der Waals surface area contributed by atoms with Crippen LogP contribution in [0.2, 0.25) is 0 Å². The van der Waals surface area contributed by atoms with E-state index < -0.39 is 11.6 Å². The fourth-order valence-corrected chi connectivity index (χ4v) is 2.70. The summed E-state index contributed by atoms with van der Waals surface area (Å²) in [4.78, 5) is 34.4. The molecule has 0 aliphatic rings. The normalized spacial score (nSPS) is 10.8. The number of ether oxygens (including phenoxy) is 1. The second kappa shape index (κ2) is 7.17. The largest absolute Gasteiger partial charge is 0.461 e. The van der Waals surface area contributed by atoms with Gasteiger partial charge >= 0.3 is 11.6 Å². The maximum Gasteiger partial charge on any atom is 0.336 e. The predicted octanol–water partition coefficient (Wildman–Crippen LogP) is 2.52. The molecule has 0 spiro atoms. The maximum absolute atomic E-state index is 11.8. The fourth-order valence-electron chi connectivity index (χ4n) is 2.70. The van der Waals surface area contributed by atoms with Gasteiger partial charge in [0.2, 0.25) is 5.91 Å². The highest BCUT2D eigenvalue weighted by molar-refractivity contribution is 6.07. The van der Waals surface area contributed by atoms with Crippen LogP contribution in [0.3, 0.4) is 0 Å². The summed E-state index contributed by atoms with van der Waals surface area (Å²) >= 11 is 0. The van der Waals surface area contributed by atoms with E-state index >= 15 is 0 Å². The smallest absolute Gasteiger partial charge is 0.336 e. The number of hydrogen-bond donors (Lipinski definition) is 1. The molecule has 0 atom stereocenters. The molecule has 6 heteroatoms. The minimum absolute atomic E-state index is 0.0327. The molecule has 128 valence electrons. The molecule has 3 rings (SSSR count). The molecule has 25 heavy (non-hydrogen) atoms. The van der Waals surface area contributed by atoms with Crippen molar-refractivity contribution in [1.29, 1.82) is 0 Å². The second-order valence-electron chi connectivity index (χ2n) is 5.64. The minimum Gasteiger partial charge on any atom is -0.461 e. The van der Waals surface area contributed by atoms with E-state index in [4.69, 9.17) is 9.15 Å². The van der Waals surface area contributed by atoms with Crippen molar-refractivity contribution in [3.63, 3.8) is 0 Å². The van der Waals surface area contributed by atoms with Gasteiger partial charge in [-0.15, -0.1) is 0 Å². The van der Waals surface area contributed by atoms with E-state index in [9.17, 15) is 14.4 Å². The van der Waals surface area contributed by atoms with Crippen molar-refractivity contribution >= 4 is 33.6 Å². The third-order valence-electron chi connectivity index (χ3n) is 3.81. The second-order valence-corrected chi connectivity index (χ2v) is 5.64. The Morgan fingerprint density at radius 2 is 1.96 bits per heavy atom.